The second-order valence-electron chi connectivity index (χ2n) is 4.66. The molecular weight excluding hydrogens is 214 g/mol. The molecular formula is C12H12F2O2. The third-order valence-electron chi connectivity index (χ3n) is 3.15. The summed E-state index contributed by atoms with van der Waals surface area (Å²) in [7, 11) is 0. The average molecular weight is 226 g/mol. The number of carbonyl (C=O) groups is 1. The van der Waals surface area contributed by atoms with Crippen LogP contribution < -0.4 is 0 Å². The Bertz CT molecular complexity index is 415. The van der Waals surface area contributed by atoms with E-state index in [-0.39, 0.29) is 12.8 Å². The number of hydrogen-bond donors (Lipinski definition) is 1. The van der Waals surface area contributed by atoms with Gasteiger partial charge in [0.05, 0.1) is 5.41 Å². The van der Waals surface area contributed by atoms with Crippen molar-refractivity contribution in [3.05, 3.63) is 35.6 Å². The lowest BCUT2D eigenvalue weighted by molar-refractivity contribution is -0.155. The standard InChI is InChI=1S/C12H12F2O2/c1-11(14)6-12(7-11,10(15)16)8-2-4-9(13)5-3-8/h2-5H,6-7H2,1H3,(H,15,16). The van der Waals surface area contributed by atoms with E-state index in [1.807, 2.05) is 0 Å². The molecule has 2 nitrogen and oxygen atoms in total. The number of halogens is 2. The summed E-state index contributed by atoms with van der Waals surface area (Å²) in [6, 6.07) is 5.24. The van der Waals surface area contributed by atoms with Gasteiger partial charge in [0.15, 0.2) is 0 Å². The van der Waals surface area contributed by atoms with Gasteiger partial charge in [-0.25, -0.2) is 8.78 Å². The van der Waals surface area contributed by atoms with Gasteiger partial charge in [-0.3, -0.25) is 4.79 Å². The molecule has 0 amide bonds. The van der Waals surface area contributed by atoms with Gasteiger partial charge in [-0.1, -0.05) is 12.1 Å². The molecule has 0 radical (unpaired) electrons. The molecule has 0 atom stereocenters. The Morgan fingerprint density at radius 2 is 1.81 bits per heavy atom. The Labute approximate surface area is 91.9 Å². The number of benzene rings is 1. The van der Waals surface area contributed by atoms with E-state index < -0.39 is 22.9 Å². The molecule has 2 rings (SSSR count). The van der Waals surface area contributed by atoms with Crippen LogP contribution in [0.2, 0.25) is 0 Å². The molecule has 0 spiro atoms. The van der Waals surface area contributed by atoms with Crippen molar-refractivity contribution in [3.8, 4) is 0 Å². The Morgan fingerprint density at radius 3 is 2.19 bits per heavy atom. The molecule has 0 aromatic heterocycles. The highest BCUT2D eigenvalue weighted by atomic mass is 19.1. The Hall–Kier alpha value is -1.45. The molecule has 86 valence electrons. The van der Waals surface area contributed by atoms with Crippen molar-refractivity contribution in [2.24, 2.45) is 0 Å². The smallest absolute Gasteiger partial charge is 0.314 e. The van der Waals surface area contributed by atoms with Gasteiger partial charge in [-0.15, -0.1) is 0 Å². The number of rotatable bonds is 2. The fraction of sp³-hybridized carbons (Fsp3) is 0.417. The molecule has 1 fully saturated rings. The molecule has 1 aromatic rings. The molecule has 0 saturated heterocycles. The Balaban J connectivity index is 2.36. The SMILES string of the molecule is CC1(F)CC(C(=O)O)(c2ccc(F)cc2)C1. The summed E-state index contributed by atoms with van der Waals surface area (Å²) >= 11 is 0. The molecule has 0 unspecified atom stereocenters. The fourth-order valence-corrected chi connectivity index (χ4v) is 2.45. The van der Waals surface area contributed by atoms with Gasteiger partial charge in [0, 0.05) is 12.8 Å². The van der Waals surface area contributed by atoms with Crippen LogP contribution in [0.25, 0.3) is 0 Å². The van der Waals surface area contributed by atoms with E-state index in [1.54, 1.807) is 0 Å². The zero-order chi connectivity index (χ0) is 12.0. The maximum atomic E-state index is 13.5. The van der Waals surface area contributed by atoms with Gasteiger partial charge in [-0.2, -0.15) is 0 Å². The lowest BCUT2D eigenvalue weighted by Gasteiger charge is -2.47. The third-order valence-corrected chi connectivity index (χ3v) is 3.15. The molecule has 0 aliphatic heterocycles. The highest BCUT2D eigenvalue weighted by Crippen LogP contribution is 2.52. The van der Waals surface area contributed by atoms with Gasteiger partial charge in [0.1, 0.15) is 11.5 Å². The summed E-state index contributed by atoms with van der Waals surface area (Å²) in [5, 5.41) is 9.18. The van der Waals surface area contributed by atoms with Crippen LogP contribution in [-0.4, -0.2) is 16.7 Å². The number of aliphatic carboxylic acids is 1. The fourth-order valence-electron chi connectivity index (χ4n) is 2.45. The van der Waals surface area contributed by atoms with Crippen LogP contribution >= 0.6 is 0 Å². The van der Waals surface area contributed by atoms with Gasteiger partial charge in [0.25, 0.3) is 0 Å². The van der Waals surface area contributed by atoms with E-state index in [1.165, 1.54) is 31.2 Å². The van der Waals surface area contributed by atoms with E-state index in [0.717, 1.165) is 0 Å². The minimum atomic E-state index is -1.44. The second-order valence-corrected chi connectivity index (χ2v) is 4.66. The molecule has 1 aliphatic carbocycles. The molecule has 1 N–H and O–H groups in total. The first-order valence-electron chi connectivity index (χ1n) is 5.04. The maximum Gasteiger partial charge on any atom is 0.314 e. The average Bonchev–Trinajstić information content (AvgIpc) is 2.14. The van der Waals surface area contributed by atoms with E-state index >= 15 is 0 Å². The third kappa shape index (κ3) is 1.58. The van der Waals surface area contributed by atoms with E-state index in [4.69, 9.17) is 0 Å². The first-order chi connectivity index (χ1) is 7.36. The van der Waals surface area contributed by atoms with Crippen molar-refractivity contribution in [3.63, 3.8) is 0 Å². The van der Waals surface area contributed by atoms with Crippen molar-refractivity contribution in [2.75, 3.05) is 0 Å². The molecule has 0 bridgehead atoms. The van der Waals surface area contributed by atoms with Crippen molar-refractivity contribution in [1.29, 1.82) is 0 Å². The minimum absolute atomic E-state index is 0.0546. The van der Waals surface area contributed by atoms with Crippen LogP contribution in [0.4, 0.5) is 8.78 Å². The number of carboxylic acids is 1. The maximum absolute atomic E-state index is 13.5. The van der Waals surface area contributed by atoms with Gasteiger partial charge < -0.3 is 5.11 Å². The zero-order valence-corrected chi connectivity index (χ0v) is 8.84. The van der Waals surface area contributed by atoms with Gasteiger partial charge >= 0.3 is 5.97 Å². The highest BCUT2D eigenvalue weighted by Gasteiger charge is 2.58. The largest absolute Gasteiger partial charge is 0.481 e. The number of hydrogen-bond acceptors (Lipinski definition) is 1. The quantitative estimate of drug-likeness (QED) is 0.841. The Morgan fingerprint density at radius 1 is 1.31 bits per heavy atom. The molecule has 1 aliphatic rings. The van der Waals surface area contributed by atoms with Crippen LogP contribution in [0, 0.1) is 5.82 Å². The summed E-state index contributed by atoms with van der Waals surface area (Å²) in [6.07, 6.45) is -0.109. The molecule has 0 heterocycles. The minimum Gasteiger partial charge on any atom is -0.481 e. The van der Waals surface area contributed by atoms with Crippen LogP contribution in [0.3, 0.4) is 0 Å². The summed E-state index contributed by atoms with van der Waals surface area (Å²) < 4.78 is 26.2. The molecule has 16 heavy (non-hydrogen) atoms. The van der Waals surface area contributed by atoms with Crippen LogP contribution in [0.15, 0.2) is 24.3 Å². The predicted octanol–water partition coefficient (Wildman–Crippen LogP) is 2.67. The van der Waals surface area contributed by atoms with Crippen molar-refractivity contribution in [2.45, 2.75) is 30.8 Å². The van der Waals surface area contributed by atoms with Crippen molar-refractivity contribution in [1.82, 2.24) is 0 Å². The van der Waals surface area contributed by atoms with Crippen LogP contribution in [0.1, 0.15) is 25.3 Å². The summed E-state index contributed by atoms with van der Waals surface area (Å²) in [6.45, 7) is 1.39. The topological polar surface area (TPSA) is 37.3 Å². The first kappa shape index (κ1) is 11.0. The number of alkyl halides is 1. The van der Waals surface area contributed by atoms with E-state index in [2.05, 4.69) is 0 Å². The monoisotopic (exact) mass is 226 g/mol. The van der Waals surface area contributed by atoms with Gasteiger partial charge in [0.2, 0.25) is 0 Å². The normalized spacial score (nSPS) is 33.2. The first-order valence-corrected chi connectivity index (χ1v) is 5.04. The lowest BCUT2D eigenvalue weighted by atomic mass is 9.57. The van der Waals surface area contributed by atoms with Crippen molar-refractivity contribution >= 4 is 5.97 Å². The summed E-state index contributed by atoms with van der Waals surface area (Å²) in [5.41, 5.74) is -2.15. The van der Waals surface area contributed by atoms with Crippen LogP contribution in [0.5, 0.6) is 0 Å². The molecule has 1 aromatic carbocycles. The highest BCUT2D eigenvalue weighted by molar-refractivity contribution is 5.83. The molecule has 4 heteroatoms. The van der Waals surface area contributed by atoms with Crippen LogP contribution in [-0.2, 0) is 10.2 Å². The number of carboxylic acid groups (broad SMARTS) is 1. The summed E-state index contributed by atoms with van der Waals surface area (Å²) in [5.74, 6) is -1.47. The molecule has 1 saturated carbocycles. The van der Waals surface area contributed by atoms with E-state index in [0.29, 0.717) is 5.56 Å². The van der Waals surface area contributed by atoms with E-state index in [9.17, 15) is 18.7 Å². The summed E-state index contributed by atoms with van der Waals surface area (Å²) in [4.78, 5) is 11.2. The predicted molar refractivity (Wildman–Crippen MR) is 54.5 cm³/mol. The van der Waals surface area contributed by atoms with Crippen molar-refractivity contribution < 1.29 is 18.7 Å². The Kier molecular flexibility index (Phi) is 2.26. The lowest BCUT2D eigenvalue weighted by Crippen LogP contribution is -2.55. The zero-order valence-electron chi connectivity index (χ0n) is 8.84. The van der Waals surface area contributed by atoms with Gasteiger partial charge in [-0.05, 0) is 24.6 Å². The second kappa shape index (κ2) is 3.27.